The lowest BCUT2D eigenvalue weighted by Gasteiger charge is -2.11. The maximum absolute atomic E-state index is 9.91. The van der Waals surface area contributed by atoms with Gasteiger partial charge in [-0.15, -0.1) is 11.8 Å². The molecule has 0 bridgehead atoms. The Kier molecular flexibility index (Phi) is 6.12. The van der Waals surface area contributed by atoms with Crippen LogP contribution in [0.4, 0.5) is 0 Å². The highest BCUT2D eigenvalue weighted by molar-refractivity contribution is 7.99. The molecule has 0 saturated carbocycles. The fraction of sp³-hybridized carbons (Fsp3) is 0.294. The van der Waals surface area contributed by atoms with Crippen LogP contribution in [0.15, 0.2) is 59.5 Å². The van der Waals surface area contributed by atoms with Gasteiger partial charge in [0.05, 0.1) is 19.3 Å². The smallest absolute Gasteiger partial charge is 0.0867 e. The van der Waals surface area contributed by atoms with Gasteiger partial charge in [-0.25, -0.2) is 0 Å². The first-order valence-corrected chi connectivity index (χ1v) is 7.72. The average Bonchev–Trinajstić information content (AvgIpc) is 2.46. The number of hydrogen-bond donors (Lipinski definition) is 1. The number of aliphatic hydroxyl groups excluding tert-OH is 1. The van der Waals surface area contributed by atoms with Crippen LogP contribution < -0.4 is 0 Å². The molecule has 2 aromatic carbocycles. The van der Waals surface area contributed by atoms with E-state index in [1.54, 1.807) is 11.8 Å². The summed E-state index contributed by atoms with van der Waals surface area (Å²) in [5.41, 5.74) is 2.37. The number of rotatable bonds is 7. The van der Waals surface area contributed by atoms with Crippen molar-refractivity contribution < 1.29 is 9.84 Å². The number of ether oxygens (including phenoxy) is 1. The van der Waals surface area contributed by atoms with Gasteiger partial charge < -0.3 is 9.84 Å². The molecular weight excluding hydrogens is 268 g/mol. The number of benzene rings is 2. The Bertz CT molecular complexity index is 513. The molecule has 1 atom stereocenters. The highest BCUT2D eigenvalue weighted by atomic mass is 32.2. The Balaban J connectivity index is 1.67. The molecule has 2 rings (SSSR count). The second-order valence-electron chi connectivity index (χ2n) is 4.78. The molecule has 2 aromatic rings. The number of aliphatic hydroxyl groups is 1. The van der Waals surface area contributed by atoms with Crippen molar-refractivity contribution in [3.05, 3.63) is 65.7 Å². The number of aryl methyl sites for hydroxylation is 1. The Morgan fingerprint density at radius 1 is 1.10 bits per heavy atom. The number of thioether (sulfide) groups is 1. The lowest BCUT2D eigenvalue weighted by Crippen LogP contribution is -2.17. The maximum atomic E-state index is 9.91. The molecule has 1 unspecified atom stereocenters. The van der Waals surface area contributed by atoms with E-state index < -0.39 is 6.10 Å². The van der Waals surface area contributed by atoms with E-state index in [1.165, 1.54) is 10.5 Å². The van der Waals surface area contributed by atoms with Gasteiger partial charge in [-0.3, -0.25) is 0 Å². The lowest BCUT2D eigenvalue weighted by atomic mass is 10.2. The molecule has 0 saturated heterocycles. The van der Waals surface area contributed by atoms with Crippen molar-refractivity contribution in [2.24, 2.45) is 0 Å². The second kappa shape index (κ2) is 8.10. The topological polar surface area (TPSA) is 29.5 Å². The van der Waals surface area contributed by atoms with Crippen molar-refractivity contribution in [1.82, 2.24) is 0 Å². The molecule has 20 heavy (non-hydrogen) atoms. The minimum absolute atomic E-state index is 0.369. The van der Waals surface area contributed by atoms with Crippen molar-refractivity contribution in [1.29, 1.82) is 0 Å². The summed E-state index contributed by atoms with van der Waals surface area (Å²) in [6.07, 6.45) is -0.441. The molecule has 0 aliphatic rings. The van der Waals surface area contributed by atoms with Gasteiger partial charge in [0.1, 0.15) is 0 Å². The van der Waals surface area contributed by atoms with Crippen LogP contribution in [-0.4, -0.2) is 23.6 Å². The summed E-state index contributed by atoms with van der Waals surface area (Å²) < 4.78 is 5.53. The fourth-order valence-electron chi connectivity index (χ4n) is 1.83. The minimum Gasteiger partial charge on any atom is -0.390 e. The average molecular weight is 288 g/mol. The van der Waals surface area contributed by atoms with Crippen molar-refractivity contribution in [3.63, 3.8) is 0 Å². The Morgan fingerprint density at radius 3 is 2.65 bits per heavy atom. The van der Waals surface area contributed by atoms with E-state index in [2.05, 4.69) is 25.1 Å². The first-order valence-electron chi connectivity index (χ1n) is 6.73. The van der Waals surface area contributed by atoms with Crippen molar-refractivity contribution in [2.45, 2.75) is 24.5 Å². The zero-order valence-corrected chi connectivity index (χ0v) is 12.5. The molecule has 0 aromatic heterocycles. The third-order valence-electron chi connectivity index (χ3n) is 2.85. The summed E-state index contributed by atoms with van der Waals surface area (Å²) in [7, 11) is 0. The normalized spacial score (nSPS) is 12.3. The Hall–Kier alpha value is -1.29. The van der Waals surface area contributed by atoms with Gasteiger partial charge in [-0.2, -0.15) is 0 Å². The first kappa shape index (κ1) is 15.1. The van der Waals surface area contributed by atoms with E-state index >= 15 is 0 Å². The lowest BCUT2D eigenvalue weighted by molar-refractivity contribution is 0.0398. The van der Waals surface area contributed by atoms with E-state index in [0.717, 1.165) is 5.56 Å². The maximum Gasteiger partial charge on any atom is 0.0867 e. The molecule has 2 nitrogen and oxygen atoms in total. The van der Waals surface area contributed by atoms with E-state index in [-0.39, 0.29) is 0 Å². The molecule has 0 amide bonds. The molecule has 106 valence electrons. The monoisotopic (exact) mass is 288 g/mol. The van der Waals surface area contributed by atoms with E-state index in [1.807, 2.05) is 36.4 Å². The van der Waals surface area contributed by atoms with Gasteiger partial charge in [0, 0.05) is 10.6 Å². The third kappa shape index (κ3) is 5.37. The summed E-state index contributed by atoms with van der Waals surface area (Å²) in [6, 6.07) is 18.3. The van der Waals surface area contributed by atoms with Crippen LogP contribution in [0.1, 0.15) is 11.1 Å². The van der Waals surface area contributed by atoms with E-state index in [9.17, 15) is 5.11 Å². The predicted molar refractivity (Wildman–Crippen MR) is 84.0 cm³/mol. The molecule has 0 radical (unpaired) electrons. The van der Waals surface area contributed by atoms with Gasteiger partial charge in [0.2, 0.25) is 0 Å². The van der Waals surface area contributed by atoms with Crippen LogP contribution in [0.5, 0.6) is 0 Å². The van der Waals surface area contributed by atoms with Crippen LogP contribution in [0, 0.1) is 6.92 Å². The van der Waals surface area contributed by atoms with Gasteiger partial charge in [0.15, 0.2) is 0 Å². The van der Waals surface area contributed by atoms with E-state index in [0.29, 0.717) is 19.0 Å². The molecule has 3 heteroatoms. The van der Waals surface area contributed by atoms with Crippen LogP contribution in [0.2, 0.25) is 0 Å². The molecule has 0 fully saturated rings. The number of hydrogen-bond acceptors (Lipinski definition) is 3. The zero-order chi connectivity index (χ0) is 14.2. The predicted octanol–water partition coefficient (Wildman–Crippen LogP) is 3.66. The van der Waals surface area contributed by atoms with Crippen molar-refractivity contribution >= 4 is 11.8 Å². The Morgan fingerprint density at radius 2 is 1.90 bits per heavy atom. The Labute approximate surface area is 124 Å². The van der Waals surface area contributed by atoms with Gasteiger partial charge >= 0.3 is 0 Å². The zero-order valence-electron chi connectivity index (χ0n) is 11.7. The SMILES string of the molecule is Cc1cccc(SCC(O)COCc2ccccc2)c1. The highest BCUT2D eigenvalue weighted by Gasteiger charge is 2.05. The molecule has 0 aliphatic carbocycles. The minimum atomic E-state index is -0.441. The summed E-state index contributed by atoms with van der Waals surface area (Å²) in [5, 5.41) is 9.91. The second-order valence-corrected chi connectivity index (χ2v) is 5.88. The van der Waals surface area contributed by atoms with Crippen LogP contribution in [-0.2, 0) is 11.3 Å². The van der Waals surface area contributed by atoms with Gasteiger partial charge in [-0.05, 0) is 24.6 Å². The summed E-state index contributed by atoms with van der Waals surface area (Å²) in [6.45, 7) is 2.99. The molecule has 1 N–H and O–H groups in total. The standard InChI is InChI=1S/C17H20O2S/c1-14-6-5-9-17(10-14)20-13-16(18)12-19-11-15-7-3-2-4-8-15/h2-10,16,18H,11-13H2,1H3. The van der Waals surface area contributed by atoms with E-state index in [4.69, 9.17) is 4.74 Å². The molecule has 0 spiro atoms. The summed E-state index contributed by atoms with van der Waals surface area (Å²) in [5.74, 6) is 0.651. The molecule has 0 aliphatic heterocycles. The van der Waals surface area contributed by atoms with Crippen LogP contribution >= 0.6 is 11.8 Å². The van der Waals surface area contributed by atoms with Gasteiger partial charge in [-0.1, -0.05) is 48.0 Å². The van der Waals surface area contributed by atoms with Crippen molar-refractivity contribution in [3.8, 4) is 0 Å². The first-order chi connectivity index (χ1) is 9.74. The third-order valence-corrected chi connectivity index (χ3v) is 3.99. The van der Waals surface area contributed by atoms with Crippen LogP contribution in [0.3, 0.4) is 0 Å². The molecular formula is C17H20O2S. The summed E-state index contributed by atoms with van der Waals surface area (Å²) >= 11 is 1.66. The highest BCUT2D eigenvalue weighted by Crippen LogP contribution is 2.19. The van der Waals surface area contributed by atoms with Gasteiger partial charge in [0.25, 0.3) is 0 Å². The quantitative estimate of drug-likeness (QED) is 0.788. The largest absolute Gasteiger partial charge is 0.390 e. The fourth-order valence-corrected chi connectivity index (χ4v) is 2.76. The van der Waals surface area contributed by atoms with Crippen LogP contribution in [0.25, 0.3) is 0 Å². The summed E-state index contributed by atoms with van der Waals surface area (Å²) in [4.78, 5) is 1.19. The van der Waals surface area contributed by atoms with Crippen molar-refractivity contribution in [2.75, 3.05) is 12.4 Å². The molecule has 0 heterocycles.